The van der Waals surface area contributed by atoms with Gasteiger partial charge in [-0.2, -0.15) is 0 Å². The van der Waals surface area contributed by atoms with E-state index in [0.29, 0.717) is 25.3 Å². The highest BCUT2D eigenvalue weighted by atomic mass is 16.5. The van der Waals surface area contributed by atoms with Crippen molar-refractivity contribution < 1.29 is 24.3 Å². The summed E-state index contributed by atoms with van der Waals surface area (Å²) in [6, 6.07) is 7.03. The highest BCUT2D eigenvalue weighted by Gasteiger charge is 2.32. The molecule has 2 N–H and O–H groups in total. The highest BCUT2D eigenvalue weighted by molar-refractivity contribution is 5.91. The fourth-order valence-electron chi connectivity index (χ4n) is 3.32. The van der Waals surface area contributed by atoms with Crippen LogP contribution in [0, 0.1) is 12.8 Å². The number of carboxylic acid groups (broad SMARTS) is 1. The van der Waals surface area contributed by atoms with Crippen LogP contribution in [0.2, 0.25) is 0 Å². The summed E-state index contributed by atoms with van der Waals surface area (Å²) in [6.07, 6.45) is 0.198. The number of likely N-dealkylation sites (tertiary alicyclic amines) is 1. The van der Waals surface area contributed by atoms with Crippen LogP contribution in [0.4, 0.5) is 0 Å². The third kappa shape index (κ3) is 4.00. The van der Waals surface area contributed by atoms with Crippen molar-refractivity contribution in [2.24, 2.45) is 5.92 Å². The number of aliphatic hydroxyl groups excluding tert-OH is 1. The van der Waals surface area contributed by atoms with Crippen LogP contribution in [0.3, 0.4) is 0 Å². The van der Waals surface area contributed by atoms with Crippen molar-refractivity contribution >= 4 is 5.97 Å². The summed E-state index contributed by atoms with van der Waals surface area (Å²) in [5.41, 5.74) is 1.86. The Bertz CT molecular complexity index is 758. The Morgan fingerprint density at radius 1 is 1.40 bits per heavy atom. The molecule has 3 rings (SSSR count). The lowest BCUT2D eigenvalue weighted by Gasteiger charge is -2.16. The summed E-state index contributed by atoms with van der Waals surface area (Å²) in [5.74, 6) is 0.181. The van der Waals surface area contributed by atoms with Crippen LogP contribution in [0.1, 0.15) is 27.4 Å². The van der Waals surface area contributed by atoms with Gasteiger partial charge in [0.15, 0.2) is 0 Å². The van der Waals surface area contributed by atoms with Gasteiger partial charge >= 0.3 is 5.97 Å². The van der Waals surface area contributed by atoms with Gasteiger partial charge < -0.3 is 19.5 Å². The molecule has 25 heavy (non-hydrogen) atoms. The van der Waals surface area contributed by atoms with Crippen molar-refractivity contribution in [2.45, 2.75) is 26.0 Å². The summed E-state index contributed by atoms with van der Waals surface area (Å²) >= 11 is 0. The van der Waals surface area contributed by atoms with Crippen LogP contribution in [-0.4, -0.2) is 52.5 Å². The number of carboxylic acids is 1. The largest absolute Gasteiger partial charge is 0.496 e. The van der Waals surface area contributed by atoms with Crippen LogP contribution in [0.5, 0.6) is 5.75 Å². The maximum absolute atomic E-state index is 11.3. The van der Waals surface area contributed by atoms with Crippen molar-refractivity contribution in [3.05, 3.63) is 46.8 Å². The highest BCUT2D eigenvalue weighted by Crippen LogP contribution is 2.25. The molecule has 0 bridgehead atoms. The summed E-state index contributed by atoms with van der Waals surface area (Å²) in [5, 5.41) is 23.5. The molecule has 1 aromatic heterocycles. The molecule has 2 aromatic rings. The van der Waals surface area contributed by atoms with E-state index in [9.17, 15) is 15.0 Å². The number of ether oxygens (including phenoxy) is 1. The number of hydrogen-bond acceptors (Lipinski definition) is 6. The average Bonchev–Trinajstić information content (AvgIpc) is 3.13. The third-order valence-corrected chi connectivity index (χ3v) is 4.52. The molecular formula is C18H22N2O5. The van der Waals surface area contributed by atoms with Gasteiger partial charge in [-0.3, -0.25) is 4.90 Å². The normalized spacial score (nSPS) is 20.8. The van der Waals surface area contributed by atoms with Crippen molar-refractivity contribution in [1.82, 2.24) is 10.1 Å². The Morgan fingerprint density at radius 2 is 2.20 bits per heavy atom. The van der Waals surface area contributed by atoms with Gasteiger partial charge in [0.2, 0.25) is 0 Å². The van der Waals surface area contributed by atoms with E-state index in [1.54, 1.807) is 12.1 Å². The molecule has 7 heteroatoms. The topological polar surface area (TPSA) is 96.0 Å². The molecule has 134 valence electrons. The number of β-amino-alcohol motifs (C(OH)–C–C–N with tert-alkyl or cyclic N) is 1. The minimum atomic E-state index is -1.02. The molecule has 1 aliphatic heterocycles. The molecule has 2 atom stereocenters. The van der Waals surface area contributed by atoms with E-state index in [-0.39, 0.29) is 11.5 Å². The number of rotatable bonds is 6. The fraction of sp³-hybridized carbons (Fsp3) is 0.444. The van der Waals surface area contributed by atoms with Crippen LogP contribution in [0.15, 0.2) is 28.8 Å². The number of aromatic nitrogens is 1. The molecule has 1 saturated heterocycles. The second-order valence-electron chi connectivity index (χ2n) is 6.50. The van der Waals surface area contributed by atoms with Gasteiger partial charge in [-0.25, -0.2) is 4.79 Å². The molecule has 2 heterocycles. The first-order chi connectivity index (χ1) is 12.0. The number of methoxy groups -OCH3 is 1. The third-order valence-electron chi connectivity index (χ3n) is 4.52. The monoisotopic (exact) mass is 346 g/mol. The second-order valence-corrected chi connectivity index (χ2v) is 6.50. The lowest BCUT2D eigenvalue weighted by atomic mass is 10.0. The lowest BCUT2D eigenvalue weighted by Crippen LogP contribution is -2.21. The van der Waals surface area contributed by atoms with Gasteiger partial charge in [0.1, 0.15) is 17.1 Å². The Morgan fingerprint density at radius 3 is 2.84 bits per heavy atom. The summed E-state index contributed by atoms with van der Waals surface area (Å²) in [7, 11) is 1.45. The summed E-state index contributed by atoms with van der Waals surface area (Å²) < 4.78 is 10.3. The number of aromatic carboxylic acids is 1. The molecular weight excluding hydrogens is 324 g/mol. The van der Waals surface area contributed by atoms with Gasteiger partial charge in [0.05, 0.1) is 18.9 Å². The molecule has 0 aliphatic carbocycles. The Balaban J connectivity index is 1.66. The quantitative estimate of drug-likeness (QED) is 0.822. The predicted octanol–water partition coefficient (Wildman–Crippen LogP) is 1.73. The summed E-state index contributed by atoms with van der Waals surface area (Å²) in [6.45, 7) is 3.71. The lowest BCUT2D eigenvalue weighted by molar-refractivity contribution is 0.0693. The number of hydrogen-bond donors (Lipinski definition) is 2. The first kappa shape index (κ1) is 17.4. The molecule has 0 saturated carbocycles. The maximum atomic E-state index is 11.3. The zero-order valence-corrected chi connectivity index (χ0v) is 14.3. The van der Waals surface area contributed by atoms with Crippen molar-refractivity contribution in [3.8, 4) is 5.75 Å². The molecule has 1 fully saturated rings. The molecule has 1 aliphatic rings. The van der Waals surface area contributed by atoms with E-state index < -0.39 is 12.1 Å². The number of aryl methyl sites for hydroxylation is 1. The van der Waals surface area contributed by atoms with Gasteiger partial charge in [0.25, 0.3) is 0 Å². The SMILES string of the molecule is COc1ccc(CN2C[C@@H](Cc3cc(C)no3)[C@@H](O)C2)cc1C(=O)O. The Hall–Kier alpha value is -2.38. The molecule has 7 nitrogen and oxygen atoms in total. The number of nitrogens with zero attached hydrogens (tertiary/aromatic N) is 2. The first-order valence-electron chi connectivity index (χ1n) is 8.19. The minimum Gasteiger partial charge on any atom is -0.496 e. The zero-order valence-electron chi connectivity index (χ0n) is 14.3. The van der Waals surface area contributed by atoms with E-state index in [1.807, 2.05) is 19.1 Å². The van der Waals surface area contributed by atoms with E-state index in [1.165, 1.54) is 7.11 Å². The van der Waals surface area contributed by atoms with E-state index in [4.69, 9.17) is 9.26 Å². The Labute approximate surface area is 145 Å². The van der Waals surface area contributed by atoms with Gasteiger partial charge in [-0.15, -0.1) is 0 Å². The Kier molecular flexibility index (Phi) is 5.06. The van der Waals surface area contributed by atoms with Crippen molar-refractivity contribution in [2.75, 3.05) is 20.2 Å². The second kappa shape index (κ2) is 7.25. The van der Waals surface area contributed by atoms with Gasteiger partial charge in [-0.05, 0) is 24.6 Å². The average molecular weight is 346 g/mol. The smallest absolute Gasteiger partial charge is 0.339 e. The molecule has 1 aromatic carbocycles. The minimum absolute atomic E-state index is 0.0737. The summed E-state index contributed by atoms with van der Waals surface area (Å²) in [4.78, 5) is 13.4. The fourth-order valence-corrected chi connectivity index (χ4v) is 3.32. The first-order valence-corrected chi connectivity index (χ1v) is 8.19. The van der Waals surface area contributed by atoms with E-state index >= 15 is 0 Å². The number of carbonyl (C=O) groups is 1. The molecule has 0 radical (unpaired) electrons. The van der Waals surface area contributed by atoms with Gasteiger partial charge in [-0.1, -0.05) is 11.2 Å². The zero-order chi connectivity index (χ0) is 18.0. The molecule has 0 unspecified atom stereocenters. The number of benzene rings is 1. The standard InChI is InChI=1S/C18H22N2O5/c1-11-5-14(25-19-11)7-13-9-20(10-16(13)21)8-12-3-4-17(24-2)15(6-12)18(22)23/h3-6,13,16,21H,7-10H2,1-2H3,(H,22,23)/t13-,16+/m1/s1. The van der Waals surface area contributed by atoms with Crippen LogP contribution >= 0.6 is 0 Å². The van der Waals surface area contributed by atoms with Crippen LogP contribution < -0.4 is 4.74 Å². The van der Waals surface area contributed by atoms with Gasteiger partial charge in [0, 0.05) is 38.0 Å². The maximum Gasteiger partial charge on any atom is 0.339 e. The molecule has 0 spiro atoms. The molecule has 0 amide bonds. The van der Waals surface area contributed by atoms with E-state index in [0.717, 1.165) is 23.6 Å². The predicted molar refractivity (Wildman–Crippen MR) is 89.7 cm³/mol. The van der Waals surface area contributed by atoms with Crippen LogP contribution in [-0.2, 0) is 13.0 Å². The van der Waals surface area contributed by atoms with Crippen molar-refractivity contribution in [1.29, 1.82) is 0 Å². The van der Waals surface area contributed by atoms with E-state index in [2.05, 4.69) is 10.1 Å². The van der Waals surface area contributed by atoms with Crippen LogP contribution in [0.25, 0.3) is 0 Å². The number of aliphatic hydroxyl groups is 1. The van der Waals surface area contributed by atoms with Crippen molar-refractivity contribution in [3.63, 3.8) is 0 Å².